The summed E-state index contributed by atoms with van der Waals surface area (Å²) in [6.07, 6.45) is 5.17. The van der Waals surface area contributed by atoms with E-state index in [9.17, 15) is 14.0 Å². The number of aromatic amines is 1. The Hall–Kier alpha value is -3.32. The predicted molar refractivity (Wildman–Crippen MR) is 132 cm³/mol. The molecule has 0 unspecified atom stereocenters. The molecule has 3 aromatic rings. The molecule has 0 spiro atoms. The topological polar surface area (TPSA) is 78.1 Å². The van der Waals surface area contributed by atoms with Gasteiger partial charge in [0.05, 0.1) is 5.69 Å². The SMILES string of the molecule is CN(C)CCNC(=O)c1cccc(-c2cc(CCc3n[nH]c(=O)c4c3CCCC4)ccc2F)c1. The molecule has 0 aliphatic heterocycles. The lowest BCUT2D eigenvalue weighted by Gasteiger charge is -2.17. The van der Waals surface area contributed by atoms with Crippen molar-refractivity contribution < 1.29 is 9.18 Å². The summed E-state index contributed by atoms with van der Waals surface area (Å²) < 4.78 is 14.8. The van der Waals surface area contributed by atoms with Gasteiger partial charge in [0.2, 0.25) is 0 Å². The average Bonchev–Trinajstić information content (AvgIpc) is 2.84. The largest absolute Gasteiger partial charge is 0.351 e. The van der Waals surface area contributed by atoms with E-state index in [2.05, 4.69) is 15.5 Å². The second kappa shape index (κ2) is 10.7. The number of H-pyrrole nitrogens is 1. The average molecular weight is 463 g/mol. The Morgan fingerprint density at radius 3 is 2.68 bits per heavy atom. The lowest BCUT2D eigenvalue weighted by molar-refractivity contribution is 0.0951. The summed E-state index contributed by atoms with van der Waals surface area (Å²) >= 11 is 0. The molecule has 1 heterocycles. The Labute approximate surface area is 199 Å². The molecular weight excluding hydrogens is 431 g/mol. The maximum atomic E-state index is 14.8. The monoisotopic (exact) mass is 462 g/mol. The van der Waals surface area contributed by atoms with Crippen LogP contribution in [0, 0.1) is 5.82 Å². The molecule has 34 heavy (non-hydrogen) atoms. The molecule has 1 amide bonds. The van der Waals surface area contributed by atoms with E-state index < -0.39 is 0 Å². The molecule has 1 aliphatic carbocycles. The van der Waals surface area contributed by atoms with Crippen LogP contribution in [0.4, 0.5) is 4.39 Å². The number of rotatable bonds is 8. The number of nitrogens with one attached hydrogen (secondary N) is 2. The molecule has 1 aliphatic rings. The van der Waals surface area contributed by atoms with Crippen molar-refractivity contribution in [3.05, 3.63) is 86.6 Å². The number of carbonyl (C=O) groups is 1. The van der Waals surface area contributed by atoms with Crippen molar-refractivity contribution in [2.75, 3.05) is 27.2 Å². The third-order valence-electron chi connectivity index (χ3n) is 6.34. The first kappa shape index (κ1) is 23.8. The van der Waals surface area contributed by atoms with Crippen molar-refractivity contribution >= 4 is 5.91 Å². The van der Waals surface area contributed by atoms with E-state index in [-0.39, 0.29) is 17.3 Å². The Bertz CT molecular complexity index is 1240. The number of hydrogen-bond acceptors (Lipinski definition) is 4. The predicted octanol–water partition coefficient (Wildman–Crippen LogP) is 3.53. The number of aryl methyl sites for hydroxylation is 2. The van der Waals surface area contributed by atoms with Crippen molar-refractivity contribution in [3.63, 3.8) is 0 Å². The van der Waals surface area contributed by atoms with E-state index in [0.29, 0.717) is 36.1 Å². The van der Waals surface area contributed by atoms with Crippen LogP contribution in [0.3, 0.4) is 0 Å². The molecule has 7 heteroatoms. The highest BCUT2D eigenvalue weighted by Gasteiger charge is 2.18. The van der Waals surface area contributed by atoms with Crippen molar-refractivity contribution in [1.29, 1.82) is 0 Å². The first-order chi connectivity index (χ1) is 16.4. The number of halogens is 1. The minimum Gasteiger partial charge on any atom is -0.351 e. The molecule has 2 aromatic carbocycles. The van der Waals surface area contributed by atoms with Gasteiger partial charge in [0.15, 0.2) is 0 Å². The Morgan fingerprint density at radius 2 is 1.88 bits per heavy atom. The lowest BCUT2D eigenvalue weighted by atomic mass is 9.90. The molecule has 0 radical (unpaired) electrons. The van der Waals surface area contributed by atoms with Crippen LogP contribution in [-0.2, 0) is 25.7 Å². The van der Waals surface area contributed by atoms with Crippen LogP contribution in [0.2, 0.25) is 0 Å². The summed E-state index contributed by atoms with van der Waals surface area (Å²) in [6, 6.07) is 12.2. The number of nitrogens with zero attached hydrogens (tertiary/aromatic N) is 2. The van der Waals surface area contributed by atoms with Crippen molar-refractivity contribution in [2.24, 2.45) is 0 Å². The van der Waals surface area contributed by atoms with Crippen LogP contribution in [0.1, 0.15) is 45.6 Å². The summed E-state index contributed by atoms with van der Waals surface area (Å²) in [4.78, 5) is 26.6. The highest BCUT2D eigenvalue weighted by Crippen LogP contribution is 2.26. The molecule has 0 bridgehead atoms. The quantitative estimate of drug-likeness (QED) is 0.537. The first-order valence-electron chi connectivity index (χ1n) is 11.8. The van der Waals surface area contributed by atoms with E-state index in [0.717, 1.165) is 54.6 Å². The van der Waals surface area contributed by atoms with E-state index in [4.69, 9.17) is 0 Å². The van der Waals surface area contributed by atoms with Gasteiger partial charge in [-0.3, -0.25) is 9.59 Å². The van der Waals surface area contributed by atoms with Gasteiger partial charge in [-0.25, -0.2) is 9.49 Å². The van der Waals surface area contributed by atoms with E-state index >= 15 is 0 Å². The van der Waals surface area contributed by atoms with Gasteiger partial charge in [0.25, 0.3) is 11.5 Å². The van der Waals surface area contributed by atoms with Crippen molar-refractivity contribution in [3.8, 4) is 11.1 Å². The van der Waals surface area contributed by atoms with Gasteiger partial charge in [0.1, 0.15) is 5.82 Å². The summed E-state index contributed by atoms with van der Waals surface area (Å²) in [6.45, 7) is 1.29. The molecule has 0 atom stereocenters. The van der Waals surface area contributed by atoms with Crippen LogP contribution in [-0.4, -0.2) is 48.2 Å². The summed E-state index contributed by atoms with van der Waals surface area (Å²) in [5, 5.41) is 9.85. The van der Waals surface area contributed by atoms with Gasteiger partial charge in [-0.05, 0) is 93.6 Å². The zero-order chi connectivity index (χ0) is 24.1. The van der Waals surface area contributed by atoms with Gasteiger partial charge in [-0.2, -0.15) is 5.10 Å². The van der Waals surface area contributed by atoms with E-state index in [1.54, 1.807) is 24.3 Å². The van der Waals surface area contributed by atoms with E-state index in [1.165, 1.54) is 6.07 Å². The smallest absolute Gasteiger partial charge is 0.267 e. The second-order valence-corrected chi connectivity index (χ2v) is 9.12. The minimum atomic E-state index is -0.325. The fourth-order valence-corrected chi connectivity index (χ4v) is 4.47. The zero-order valence-electron chi connectivity index (χ0n) is 19.8. The van der Waals surface area contributed by atoms with Crippen LogP contribution in [0.25, 0.3) is 11.1 Å². The zero-order valence-corrected chi connectivity index (χ0v) is 19.8. The normalized spacial score (nSPS) is 13.1. The molecule has 6 nitrogen and oxygen atoms in total. The molecule has 1 aromatic heterocycles. The molecule has 4 rings (SSSR count). The molecule has 0 saturated heterocycles. The number of likely N-dealkylation sites (N-methyl/N-ethyl adjacent to an activating group) is 1. The summed E-state index contributed by atoms with van der Waals surface area (Å²) in [5.74, 6) is -0.498. The maximum absolute atomic E-state index is 14.8. The van der Waals surface area contributed by atoms with Gasteiger partial charge >= 0.3 is 0 Å². The number of aromatic nitrogens is 2. The van der Waals surface area contributed by atoms with Crippen LogP contribution < -0.4 is 10.9 Å². The van der Waals surface area contributed by atoms with Gasteiger partial charge < -0.3 is 10.2 Å². The van der Waals surface area contributed by atoms with Crippen LogP contribution >= 0.6 is 0 Å². The number of hydrogen-bond donors (Lipinski definition) is 2. The molecule has 178 valence electrons. The third-order valence-corrected chi connectivity index (χ3v) is 6.34. The van der Waals surface area contributed by atoms with E-state index in [1.807, 2.05) is 31.1 Å². The highest BCUT2D eigenvalue weighted by molar-refractivity contribution is 5.95. The van der Waals surface area contributed by atoms with Crippen molar-refractivity contribution in [1.82, 2.24) is 20.4 Å². The lowest BCUT2D eigenvalue weighted by Crippen LogP contribution is -2.31. The van der Waals surface area contributed by atoms with Gasteiger partial charge in [0, 0.05) is 29.8 Å². The molecular formula is C27H31FN4O2. The minimum absolute atomic E-state index is 0.0758. The van der Waals surface area contributed by atoms with Crippen LogP contribution in [0.5, 0.6) is 0 Å². The number of amides is 1. The second-order valence-electron chi connectivity index (χ2n) is 9.12. The fraction of sp³-hybridized carbons (Fsp3) is 0.370. The van der Waals surface area contributed by atoms with Gasteiger partial charge in [-0.1, -0.05) is 18.2 Å². The Kier molecular flexibility index (Phi) is 7.53. The Morgan fingerprint density at radius 1 is 1.09 bits per heavy atom. The molecule has 2 N–H and O–H groups in total. The third kappa shape index (κ3) is 5.59. The first-order valence-corrected chi connectivity index (χ1v) is 11.8. The summed E-state index contributed by atoms with van der Waals surface area (Å²) in [5.41, 5.74) is 5.43. The highest BCUT2D eigenvalue weighted by atomic mass is 19.1. The summed E-state index contributed by atoms with van der Waals surface area (Å²) in [7, 11) is 3.90. The maximum Gasteiger partial charge on any atom is 0.267 e. The van der Waals surface area contributed by atoms with Crippen molar-refractivity contribution in [2.45, 2.75) is 38.5 Å². The number of benzene rings is 2. The Balaban J connectivity index is 1.51. The standard InChI is InChI=1S/C27H31FN4O2/c1-32(2)15-14-29-26(33)20-7-5-6-19(17-20)23-16-18(10-12-24(23)28)11-13-25-21-8-3-4-9-22(21)27(34)31-30-25/h5-7,10,12,16-17H,3-4,8-9,11,13-15H2,1-2H3,(H,29,33)(H,31,34). The van der Waals surface area contributed by atoms with Gasteiger partial charge in [-0.15, -0.1) is 0 Å². The molecule has 0 fully saturated rings. The molecule has 0 saturated carbocycles. The number of carbonyl (C=O) groups excluding carboxylic acids is 1. The number of fused-ring (bicyclic) bond motifs is 1. The fourth-order valence-electron chi connectivity index (χ4n) is 4.47. The van der Waals surface area contributed by atoms with Crippen LogP contribution in [0.15, 0.2) is 47.3 Å².